The van der Waals surface area contributed by atoms with Crippen LogP contribution in [0.25, 0.3) is 0 Å². The van der Waals surface area contributed by atoms with Crippen molar-refractivity contribution in [1.29, 1.82) is 0 Å². The van der Waals surface area contributed by atoms with Crippen molar-refractivity contribution in [1.82, 2.24) is 5.43 Å². The second kappa shape index (κ2) is 5.23. The van der Waals surface area contributed by atoms with E-state index in [2.05, 4.69) is 10.4 Å². The van der Waals surface area contributed by atoms with E-state index in [9.17, 15) is 4.79 Å². The Kier molecular flexibility index (Phi) is 3.68. The Morgan fingerprint density at radius 1 is 1.47 bits per heavy atom. The molecule has 0 aromatic heterocycles. The summed E-state index contributed by atoms with van der Waals surface area (Å²) in [5, 5.41) is 2.36. The predicted molar refractivity (Wildman–Crippen MR) is 72.2 cm³/mol. The lowest BCUT2D eigenvalue weighted by Gasteiger charge is -2.23. The average Bonchev–Trinajstić information content (AvgIpc) is 2.79. The van der Waals surface area contributed by atoms with Crippen molar-refractivity contribution >= 4 is 28.5 Å². The SMILES string of the molecule is CC(=O)N(NC1=NCCS1)c1ccccc1C. The zero-order chi connectivity index (χ0) is 12.3. The van der Waals surface area contributed by atoms with E-state index in [1.807, 2.05) is 31.2 Å². The molecule has 90 valence electrons. The third-order valence-electron chi connectivity index (χ3n) is 2.46. The third kappa shape index (κ3) is 2.79. The number of hydrogen-bond acceptors (Lipinski definition) is 4. The highest BCUT2D eigenvalue weighted by atomic mass is 32.2. The second-order valence-electron chi connectivity index (χ2n) is 3.79. The van der Waals surface area contributed by atoms with Gasteiger partial charge in [-0.05, 0) is 18.6 Å². The molecule has 1 N–H and O–H groups in total. The summed E-state index contributed by atoms with van der Waals surface area (Å²) in [6, 6.07) is 7.78. The Bertz CT molecular complexity index is 459. The first-order valence-corrected chi connectivity index (χ1v) is 6.47. The van der Waals surface area contributed by atoms with E-state index in [1.165, 1.54) is 0 Å². The normalized spacial score (nSPS) is 14.4. The number of hydrazine groups is 1. The average molecular weight is 249 g/mol. The van der Waals surface area contributed by atoms with Crippen LogP contribution in [0.15, 0.2) is 29.3 Å². The maximum atomic E-state index is 11.7. The Morgan fingerprint density at radius 2 is 2.24 bits per heavy atom. The van der Waals surface area contributed by atoms with Gasteiger partial charge in [-0.15, -0.1) is 0 Å². The van der Waals surface area contributed by atoms with Gasteiger partial charge in [0.2, 0.25) is 5.91 Å². The number of anilines is 1. The molecule has 0 saturated carbocycles. The molecule has 0 unspecified atom stereocenters. The molecular weight excluding hydrogens is 234 g/mol. The molecular formula is C12H15N3OS. The maximum Gasteiger partial charge on any atom is 0.242 e. The molecule has 1 aliphatic rings. The summed E-state index contributed by atoms with van der Waals surface area (Å²) in [6.07, 6.45) is 0. The van der Waals surface area contributed by atoms with Gasteiger partial charge >= 0.3 is 0 Å². The molecule has 1 aromatic rings. The first kappa shape index (κ1) is 12.0. The molecule has 1 amide bonds. The number of aliphatic imine (C=N–C) groups is 1. The van der Waals surface area contributed by atoms with Crippen molar-refractivity contribution in [3.05, 3.63) is 29.8 Å². The van der Waals surface area contributed by atoms with Crippen molar-refractivity contribution < 1.29 is 4.79 Å². The first-order valence-electron chi connectivity index (χ1n) is 5.48. The van der Waals surface area contributed by atoms with Gasteiger partial charge in [-0.1, -0.05) is 30.0 Å². The van der Waals surface area contributed by atoms with Crippen LogP contribution in [0.4, 0.5) is 5.69 Å². The molecule has 0 spiro atoms. The Labute approximate surface area is 105 Å². The van der Waals surface area contributed by atoms with Gasteiger partial charge in [0.1, 0.15) is 0 Å². The quantitative estimate of drug-likeness (QED) is 0.774. The number of benzene rings is 1. The lowest BCUT2D eigenvalue weighted by molar-refractivity contribution is -0.116. The topological polar surface area (TPSA) is 44.7 Å². The maximum absolute atomic E-state index is 11.7. The van der Waals surface area contributed by atoms with Crippen LogP contribution in [0, 0.1) is 6.92 Å². The van der Waals surface area contributed by atoms with E-state index in [-0.39, 0.29) is 5.91 Å². The molecule has 0 bridgehead atoms. The Balaban J connectivity index is 2.23. The summed E-state index contributed by atoms with van der Waals surface area (Å²) in [4.78, 5) is 16.0. The van der Waals surface area contributed by atoms with Crippen molar-refractivity contribution in [2.45, 2.75) is 13.8 Å². The van der Waals surface area contributed by atoms with Crippen LogP contribution < -0.4 is 10.4 Å². The van der Waals surface area contributed by atoms with Crippen LogP contribution in [0.3, 0.4) is 0 Å². The van der Waals surface area contributed by atoms with Crippen molar-refractivity contribution in [3.63, 3.8) is 0 Å². The molecule has 5 heteroatoms. The molecule has 0 atom stereocenters. The van der Waals surface area contributed by atoms with Gasteiger partial charge in [0, 0.05) is 12.7 Å². The predicted octanol–water partition coefficient (Wildman–Crippen LogP) is 1.96. The highest BCUT2D eigenvalue weighted by Gasteiger charge is 2.17. The van der Waals surface area contributed by atoms with E-state index in [4.69, 9.17) is 0 Å². The molecule has 4 nitrogen and oxygen atoms in total. The van der Waals surface area contributed by atoms with Crippen molar-refractivity contribution in [3.8, 4) is 0 Å². The highest BCUT2D eigenvalue weighted by molar-refractivity contribution is 8.14. The summed E-state index contributed by atoms with van der Waals surface area (Å²) in [7, 11) is 0. The number of rotatable bonds is 1. The Morgan fingerprint density at radius 3 is 2.82 bits per heavy atom. The number of carbonyl (C=O) groups is 1. The largest absolute Gasteiger partial charge is 0.273 e. The fourth-order valence-corrected chi connectivity index (χ4v) is 2.34. The van der Waals surface area contributed by atoms with Crippen LogP contribution in [0.2, 0.25) is 0 Å². The molecule has 1 heterocycles. The lowest BCUT2D eigenvalue weighted by atomic mass is 10.2. The van der Waals surface area contributed by atoms with E-state index in [0.29, 0.717) is 0 Å². The van der Waals surface area contributed by atoms with Crippen LogP contribution in [-0.2, 0) is 4.79 Å². The zero-order valence-corrected chi connectivity index (χ0v) is 10.8. The molecule has 0 saturated heterocycles. The van der Waals surface area contributed by atoms with Gasteiger partial charge in [0.25, 0.3) is 0 Å². The van der Waals surface area contributed by atoms with E-state index >= 15 is 0 Å². The minimum atomic E-state index is -0.0468. The molecule has 0 fully saturated rings. The first-order chi connectivity index (χ1) is 8.18. The summed E-state index contributed by atoms with van der Waals surface area (Å²) in [5.74, 6) is 0.927. The summed E-state index contributed by atoms with van der Waals surface area (Å²) in [5.41, 5.74) is 4.99. The van der Waals surface area contributed by atoms with Crippen LogP contribution in [0.5, 0.6) is 0 Å². The third-order valence-corrected chi connectivity index (χ3v) is 3.34. The highest BCUT2D eigenvalue weighted by Crippen LogP contribution is 2.19. The molecule has 1 aromatic carbocycles. The fraction of sp³-hybridized carbons (Fsp3) is 0.333. The van der Waals surface area contributed by atoms with Crippen LogP contribution in [-0.4, -0.2) is 23.4 Å². The standard InChI is InChI=1S/C12H15N3OS/c1-9-5-3-4-6-11(9)15(10(2)16)14-12-13-7-8-17-12/h3-6H,7-8H2,1-2H3,(H,13,14). The number of aryl methyl sites for hydroxylation is 1. The van der Waals surface area contributed by atoms with Crippen LogP contribution in [0.1, 0.15) is 12.5 Å². The zero-order valence-electron chi connectivity index (χ0n) is 9.93. The molecule has 2 rings (SSSR count). The van der Waals surface area contributed by atoms with E-state index < -0.39 is 0 Å². The molecule has 0 radical (unpaired) electrons. The second-order valence-corrected chi connectivity index (χ2v) is 4.87. The molecule has 0 aliphatic carbocycles. The van der Waals surface area contributed by atoms with Crippen molar-refractivity contribution in [2.75, 3.05) is 17.3 Å². The van der Waals surface area contributed by atoms with E-state index in [1.54, 1.807) is 23.7 Å². The van der Waals surface area contributed by atoms with Gasteiger partial charge < -0.3 is 0 Å². The number of para-hydroxylation sites is 1. The monoisotopic (exact) mass is 249 g/mol. The van der Waals surface area contributed by atoms with Gasteiger partial charge in [-0.2, -0.15) is 0 Å². The number of amidine groups is 1. The Hall–Kier alpha value is -1.49. The van der Waals surface area contributed by atoms with Gasteiger partial charge in [0.15, 0.2) is 5.17 Å². The van der Waals surface area contributed by atoms with Crippen LogP contribution >= 0.6 is 11.8 Å². The van der Waals surface area contributed by atoms with Gasteiger partial charge in [-0.3, -0.25) is 15.2 Å². The number of thioether (sulfide) groups is 1. The summed E-state index contributed by atoms with van der Waals surface area (Å²) >= 11 is 1.63. The lowest BCUT2D eigenvalue weighted by Crippen LogP contribution is -2.44. The summed E-state index contributed by atoms with van der Waals surface area (Å²) < 4.78 is 0. The van der Waals surface area contributed by atoms with Crippen molar-refractivity contribution in [2.24, 2.45) is 4.99 Å². The number of carbonyl (C=O) groups excluding carboxylic acids is 1. The number of hydrogen-bond donors (Lipinski definition) is 1. The van der Waals surface area contributed by atoms with E-state index in [0.717, 1.165) is 28.7 Å². The molecule has 17 heavy (non-hydrogen) atoms. The minimum Gasteiger partial charge on any atom is -0.273 e. The summed E-state index contributed by atoms with van der Waals surface area (Å²) in [6.45, 7) is 4.34. The number of nitrogens with one attached hydrogen (secondary N) is 1. The fourth-order valence-electron chi connectivity index (χ4n) is 1.62. The number of amides is 1. The minimum absolute atomic E-state index is 0.0468. The molecule has 1 aliphatic heterocycles. The van der Waals surface area contributed by atoms with Gasteiger partial charge in [-0.25, -0.2) is 5.01 Å². The van der Waals surface area contributed by atoms with Gasteiger partial charge in [0.05, 0.1) is 12.2 Å². The number of nitrogens with zero attached hydrogens (tertiary/aromatic N) is 2. The smallest absolute Gasteiger partial charge is 0.242 e.